The summed E-state index contributed by atoms with van der Waals surface area (Å²) in [5, 5.41) is 0. The highest BCUT2D eigenvalue weighted by Crippen LogP contribution is 2.47. The zero-order valence-electron chi connectivity index (χ0n) is 19.9. The summed E-state index contributed by atoms with van der Waals surface area (Å²) < 4.78 is 5.34. The van der Waals surface area contributed by atoms with Crippen LogP contribution in [0, 0.1) is 35.0 Å². The fourth-order valence-electron chi connectivity index (χ4n) is 6.68. The van der Waals surface area contributed by atoms with Crippen LogP contribution in [0.2, 0.25) is 0 Å². The SMILES string of the molecule is CCCC[C@H]1CC[C@H](C2CCC([C@@H]3CC[C@](C)(C(=O)OCCC)C(=O)C3)CC2)CC1. The smallest absolute Gasteiger partial charge is 0.319 e. The fourth-order valence-corrected chi connectivity index (χ4v) is 6.68. The van der Waals surface area contributed by atoms with Crippen molar-refractivity contribution in [1.82, 2.24) is 0 Å². The molecule has 3 nitrogen and oxygen atoms in total. The van der Waals surface area contributed by atoms with Gasteiger partial charge >= 0.3 is 5.97 Å². The van der Waals surface area contributed by atoms with Gasteiger partial charge in [0.2, 0.25) is 0 Å². The van der Waals surface area contributed by atoms with Crippen molar-refractivity contribution in [2.45, 2.75) is 117 Å². The maximum absolute atomic E-state index is 12.9. The van der Waals surface area contributed by atoms with E-state index in [1.165, 1.54) is 70.6 Å². The quantitative estimate of drug-likeness (QED) is 0.311. The molecular formula is C27H46O3. The van der Waals surface area contributed by atoms with Gasteiger partial charge in [-0.25, -0.2) is 0 Å². The minimum Gasteiger partial charge on any atom is -0.465 e. The number of ketones is 1. The van der Waals surface area contributed by atoms with Gasteiger partial charge in [0.05, 0.1) is 6.61 Å². The number of ether oxygens (including phenoxy) is 1. The molecule has 0 aliphatic heterocycles. The highest BCUT2D eigenvalue weighted by atomic mass is 16.5. The molecule has 3 aliphatic rings. The van der Waals surface area contributed by atoms with Crippen LogP contribution in [0.4, 0.5) is 0 Å². The van der Waals surface area contributed by atoms with Gasteiger partial charge in [0.25, 0.3) is 0 Å². The maximum atomic E-state index is 12.9. The molecule has 0 spiro atoms. The van der Waals surface area contributed by atoms with E-state index in [0.717, 1.165) is 30.6 Å². The molecule has 0 radical (unpaired) electrons. The average Bonchev–Trinajstić information content (AvgIpc) is 2.78. The second kappa shape index (κ2) is 11.1. The molecule has 3 saturated carbocycles. The standard InChI is InChI=1S/C27H46O3/c1-4-6-7-20-8-10-21(11-9-20)22-12-14-23(15-13-22)24-16-17-27(3,25(28)19-24)26(29)30-18-5-2/h20-24H,4-19H2,1-3H3/t20-,21-,22?,23?,24-,27+/m1/s1. The van der Waals surface area contributed by atoms with Crippen LogP contribution in [-0.2, 0) is 14.3 Å². The molecule has 3 rings (SSSR count). The van der Waals surface area contributed by atoms with Crippen molar-refractivity contribution in [2.75, 3.05) is 6.61 Å². The van der Waals surface area contributed by atoms with Crippen molar-refractivity contribution in [3.63, 3.8) is 0 Å². The number of carbonyl (C=O) groups excluding carboxylic acids is 2. The molecule has 3 fully saturated rings. The first-order valence-electron chi connectivity index (χ1n) is 13.2. The van der Waals surface area contributed by atoms with Crippen LogP contribution in [0.5, 0.6) is 0 Å². The molecule has 0 bridgehead atoms. The lowest BCUT2D eigenvalue weighted by Gasteiger charge is -2.42. The average molecular weight is 419 g/mol. The number of carbonyl (C=O) groups is 2. The third-order valence-electron chi connectivity index (χ3n) is 8.97. The Hall–Kier alpha value is -0.860. The van der Waals surface area contributed by atoms with E-state index in [1.807, 2.05) is 13.8 Å². The number of hydrogen-bond acceptors (Lipinski definition) is 3. The number of rotatable bonds is 8. The second-order valence-corrected chi connectivity index (χ2v) is 11.0. The van der Waals surface area contributed by atoms with Crippen LogP contribution < -0.4 is 0 Å². The van der Waals surface area contributed by atoms with Crippen molar-refractivity contribution in [3.8, 4) is 0 Å². The maximum Gasteiger partial charge on any atom is 0.319 e. The van der Waals surface area contributed by atoms with E-state index >= 15 is 0 Å². The first-order valence-corrected chi connectivity index (χ1v) is 13.2. The Bertz CT molecular complexity index is 554. The lowest BCUT2D eigenvalue weighted by Crippen LogP contribution is -2.44. The molecule has 0 aromatic carbocycles. The number of Topliss-reactive ketones (excluding diaryl/α,β-unsaturated/α-hetero) is 1. The number of esters is 1. The van der Waals surface area contributed by atoms with Gasteiger partial charge in [-0.2, -0.15) is 0 Å². The lowest BCUT2D eigenvalue weighted by atomic mass is 9.62. The molecule has 3 heteroatoms. The minimum absolute atomic E-state index is 0.132. The Balaban J connectivity index is 1.42. The fraction of sp³-hybridized carbons (Fsp3) is 0.926. The van der Waals surface area contributed by atoms with E-state index in [2.05, 4.69) is 6.92 Å². The van der Waals surface area contributed by atoms with Crippen molar-refractivity contribution < 1.29 is 14.3 Å². The normalized spacial score (nSPS) is 37.7. The van der Waals surface area contributed by atoms with Crippen molar-refractivity contribution in [3.05, 3.63) is 0 Å². The van der Waals surface area contributed by atoms with E-state index in [4.69, 9.17) is 4.74 Å². The number of hydrogen-bond donors (Lipinski definition) is 0. The van der Waals surface area contributed by atoms with Gasteiger partial charge in [-0.3, -0.25) is 9.59 Å². The van der Waals surface area contributed by atoms with E-state index in [9.17, 15) is 9.59 Å². The van der Waals surface area contributed by atoms with E-state index in [-0.39, 0.29) is 11.8 Å². The Morgan fingerprint density at radius 3 is 1.97 bits per heavy atom. The van der Waals surface area contributed by atoms with Gasteiger partial charge in [0.15, 0.2) is 0 Å². The molecule has 0 saturated heterocycles. The van der Waals surface area contributed by atoms with Crippen molar-refractivity contribution >= 4 is 11.8 Å². The second-order valence-electron chi connectivity index (χ2n) is 11.0. The van der Waals surface area contributed by atoms with Gasteiger partial charge in [0, 0.05) is 6.42 Å². The van der Waals surface area contributed by atoms with Gasteiger partial charge in [-0.1, -0.05) is 46.0 Å². The zero-order valence-corrected chi connectivity index (χ0v) is 19.9. The lowest BCUT2D eigenvalue weighted by molar-refractivity contribution is -0.162. The van der Waals surface area contributed by atoms with Crippen molar-refractivity contribution in [2.24, 2.45) is 35.0 Å². The molecule has 172 valence electrons. The molecule has 0 aromatic heterocycles. The van der Waals surface area contributed by atoms with Crippen LogP contribution in [0.15, 0.2) is 0 Å². The summed E-state index contributed by atoms with van der Waals surface area (Å²) in [6.07, 6.45) is 18.5. The summed E-state index contributed by atoms with van der Waals surface area (Å²) in [5.41, 5.74) is -0.890. The van der Waals surface area contributed by atoms with E-state index in [0.29, 0.717) is 31.3 Å². The molecule has 0 amide bonds. The Morgan fingerprint density at radius 1 is 0.867 bits per heavy atom. The minimum atomic E-state index is -0.890. The topological polar surface area (TPSA) is 43.4 Å². The Kier molecular flexibility index (Phi) is 8.83. The van der Waals surface area contributed by atoms with Gasteiger partial charge in [-0.15, -0.1) is 0 Å². The predicted molar refractivity (Wildman–Crippen MR) is 122 cm³/mol. The van der Waals surface area contributed by atoms with Crippen LogP contribution in [0.25, 0.3) is 0 Å². The number of unbranched alkanes of at least 4 members (excludes halogenated alkanes) is 1. The zero-order chi connectivity index (χ0) is 21.6. The summed E-state index contributed by atoms with van der Waals surface area (Å²) in [5.74, 6) is 3.94. The van der Waals surface area contributed by atoms with Gasteiger partial charge in [-0.05, 0) is 94.3 Å². The van der Waals surface area contributed by atoms with Gasteiger partial charge < -0.3 is 4.74 Å². The third-order valence-corrected chi connectivity index (χ3v) is 8.97. The van der Waals surface area contributed by atoms with E-state index in [1.54, 1.807) is 0 Å². The summed E-state index contributed by atoms with van der Waals surface area (Å²) in [6.45, 7) is 6.54. The highest BCUT2D eigenvalue weighted by molar-refractivity contribution is 6.04. The molecule has 0 unspecified atom stereocenters. The molecule has 0 aromatic rings. The first kappa shape index (κ1) is 23.8. The summed E-state index contributed by atoms with van der Waals surface area (Å²) in [6, 6.07) is 0. The van der Waals surface area contributed by atoms with Gasteiger partial charge in [0.1, 0.15) is 11.2 Å². The monoisotopic (exact) mass is 418 g/mol. The largest absolute Gasteiger partial charge is 0.465 e. The van der Waals surface area contributed by atoms with Crippen molar-refractivity contribution in [1.29, 1.82) is 0 Å². The van der Waals surface area contributed by atoms with Crippen LogP contribution in [0.3, 0.4) is 0 Å². The van der Waals surface area contributed by atoms with Crippen LogP contribution in [0.1, 0.15) is 117 Å². The molecule has 2 atom stereocenters. The first-order chi connectivity index (χ1) is 14.5. The van der Waals surface area contributed by atoms with Crippen LogP contribution >= 0.6 is 0 Å². The third kappa shape index (κ3) is 5.68. The summed E-state index contributed by atoms with van der Waals surface area (Å²) >= 11 is 0. The van der Waals surface area contributed by atoms with Crippen LogP contribution in [-0.4, -0.2) is 18.4 Å². The Labute approximate surface area is 185 Å². The Morgan fingerprint density at radius 2 is 1.43 bits per heavy atom. The highest BCUT2D eigenvalue weighted by Gasteiger charge is 2.47. The summed E-state index contributed by atoms with van der Waals surface area (Å²) in [4.78, 5) is 25.3. The van der Waals surface area contributed by atoms with E-state index < -0.39 is 5.41 Å². The molecule has 3 aliphatic carbocycles. The summed E-state index contributed by atoms with van der Waals surface area (Å²) in [7, 11) is 0. The molecule has 30 heavy (non-hydrogen) atoms. The molecule has 0 heterocycles. The molecular weight excluding hydrogens is 372 g/mol. The predicted octanol–water partition coefficient (Wildman–Crippen LogP) is 7.12. The molecule has 0 N–H and O–H groups in total.